The minimum Gasteiger partial charge on any atom is -0.342 e. The Labute approximate surface area is 138 Å². The maximum Gasteiger partial charge on any atom is 0.230 e. The van der Waals surface area contributed by atoms with Crippen molar-refractivity contribution in [2.75, 3.05) is 19.3 Å². The molecule has 1 N–H and O–H groups in total. The summed E-state index contributed by atoms with van der Waals surface area (Å²) in [6, 6.07) is 8.19. The van der Waals surface area contributed by atoms with Crippen LogP contribution in [0.25, 0.3) is 0 Å². The zero-order chi connectivity index (χ0) is 16.4. The zero-order valence-electron chi connectivity index (χ0n) is 13.5. The Morgan fingerprint density at radius 2 is 1.87 bits per heavy atom. The van der Waals surface area contributed by atoms with Crippen LogP contribution in [-0.4, -0.2) is 44.6 Å². The van der Waals surface area contributed by atoms with E-state index in [0.29, 0.717) is 25.9 Å². The van der Waals surface area contributed by atoms with Gasteiger partial charge in [-0.2, -0.15) is 0 Å². The molecule has 23 heavy (non-hydrogen) atoms. The predicted molar refractivity (Wildman–Crippen MR) is 89.7 cm³/mol. The molecule has 1 amide bonds. The number of carbonyl (C=O) groups is 1. The summed E-state index contributed by atoms with van der Waals surface area (Å²) >= 11 is 0. The third-order valence-electron chi connectivity index (χ3n) is 4.85. The summed E-state index contributed by atoms with van der Waals surface area (Å²) in [6.07, 6.45) is 5.58. The molecule has 6 heteroatoms. The van der Waals surface area contributed by atoms with E-state index in [1.807, 2.05) is 17.0 Å². The van der Waals surface area contributed by atoms with Crippen molar-refractivity contribution in [1.29, 1.82) is 0 Å². The van der Waals surface area contributed by atoms with Gasteiger partial charge in [0.15, 0.2) is 0 Å². The number of hydrogen-bond donors (Lipinski definition) is 1. The number of sulfonamides is 1. The van der Waals surface area contributed by atoms with Crippen LogP contribution in [0, 0.1) is 0 Å². The molecule has 126 valence electrons. The highest BCUT2D eigenvalue weighted by molar-refractivity contribution is 7.88. The first-order chi connectivity index (χ1) is 10.9. The summed E-state index contributed by atoms with van der Waals surface area (Å²) < 4.78 is 25.3. The lowest BCUT2D eigenvalue weighted by Crippen LogP contribution is -2.47. The first-order valence-electron chi connectivity index (χ1n) is 8.28. The molecule has 3 rings (SSSR count). The quantitative estimate of drug-likeness (QED) is 0.913. The van der Waals surface area contributed by atoms with E-state index < -0.39 is 10.0 Å². The van der Waals surface area contributed by atoms with Crippen molar-refractivity contribution in [1.82, 2.24) is 9.62 Å². The molecule has 0 unspecified atom stereocenters. The van der Waals surface area contributed by atoms with Crippen LogP contribution in [0.15, 0.2) is 24.3 Å². The minimum atomic E-state index is -3.18. The summed E-state index contributed by atoms with van der Waals surface area (Å²) in [5, 5.41) is 0. The number of piperidine rings is 1. The number of rotatable bonds is 3. The number of carbonyl (C=O) groups excluding carboxylic acids is 1. The van der Waals surface area contributed by atoms with Crippen LogP contribution in [-0.2, 0) is 21.2 Å². The molecule has 1 heterocycles. The van der Waals surface area contributed by atoms with Gasteiger partial charge in [-0.1, -0.05) is 24.3 Å². The summed E-state index contributed by atoms with van der Waals surface area (Å²) in [6.45, 7) is 1.26. The fraction of sp³-hybridized carbons (Fsp3) is 0.588. The van der Waals surface area contributed by atoms with Gasteiger partial charge in [0.2, 0.25) is 15.9 Å². The van der Waals surface area contributed by atoms with E-state index >= 15 is 0 Å². The zero-order valence-corrected chi connectivity index (χ0v) is 14.3. The maximum absolute atomic E-state index is 12.9. The average Bonchev–Trinajstić information content (AvgIpc) is 2.53. The van der Waals surface area contributed by atoms with E-state index in [0.717, 1.165) is 19.3 Å². The van der Waals surface area contributed by atoms with E-state index in [4.69, 9.17) is 0 Å². The molecule has 1 aromatic rings. The Kier molecular flexibility index (Phi) is 4.73. The molecule has 0 aromatic heterocycles. The SMILES string of the molecule is CS(=O)(=O)NC1CCN(C(=O)[C@H]2CCCc3ccccc32)CC1. The van der Waals surface area contributed by atoms with Gasteiger partial charge in [0, 0.05) is 19.1 Å². The van der Waals surface area contributed by atoms with Crippen LogP contribution in [0.1, 0.15) is 42.7 Å². The molecular formula is C17H24N2O3S. The molecule has 0 bridgehead atoms. The molecule has 1 saturated heterocycles. The van der Waals surface area contributed by atoms with Gasteiger partial charge in [-0.25, -0.2) is 13.1 Å². The number of hydrogen-bond acceptors (Lipinski definition) is 3. The molecule has 1 aromatic carbocycles. The second-order valence-electron chi connectivity index (χ2n) is 6.63. The van der Waals surface area contributed by atoms with E-state index in [9.17, 15) is 13.2 Å². The van der Waals surface area contributed by atoms with Gasteiger partial charge in [-0.3, -0.25) is 4.79 Å². The van der Waals surface area contributed by atoms with Crippen LogP contribution < -0.4 is 4.72 Å². The van der Waals surface area contributed by atoms with Gasteiger partial charge in [0.05, 0.1) is 12.2 Å². The lowest BCUT2D eigenvalue weighted by atomic mass is 9.82. The van der Waals surface area contributed by atoms with Crippen molar-refractivity contribution < 1.29 is 13.2 Å². The van der Waals surface area contributed by atoms with Gasteiger partial charge in [0.1, 0.15) is 0 Å². The number of amides is 1. The van der Waals surface area contributed by atoms with Crippen molar-refractivity contribution in [3.8, 4) is 0 Å². The number of nitrogens with one attached hydrogen (secondary N) is 1. The molecular weight excluding hydrogens is 312 g/mol. The van der Waals surface area contributed by atoms with Crippen LogP contribution in [0.4, 0.5) is 0 Å². The third kappa shape index (κ3) is 3.93. The topological polar surface area (TPSA) is 66.5 Å². The summed E-state index contributed by atoms with van der Waals surface area (Å²) in [5.74, 6) is 0.175. The fourth-order valence-corrected chi connectivity index (χ4v) is 4.59. The van der Waals surface area contributed by atoms with E-state index in [1.54, 1.807) is 0 Å². The Hall–Kier alpha value is -1.40. The minimum absolute atomic E-state index is 0.0284. The highest BCUT2D eigenvalue weighted by atomic mass is 32.2. The Balaban J connectivity index is 1.65. The first-order valence-corrected chi connectivity index (χ1v) is 10.2. The molecule has 0 spiro atoms. The lowest BCUT2D eigenvalue weighted by Gasteiger charge is -2.35. The largest absolute Gasteiger partial charge is 0.342 e. The number of likely N-dealkylation sites (tertiary alicyclic amines) is 1. The highest BCUT2D eigenvalue weighted by Crippen LogP contribution is 2.33. The van der Waals surface area contributed by atoms with E-state index in [1.165, 1.54) is 17.4 Å². The van der Waals surface area contributed by atoms with Crippen LogP contribution in [0.5, 0.6) is 0 Å². The molecule has 1 atom stereocenters. The van der Waals surface area contributed by atoms with Gasteiger partial charge >= 0.3 is 0 Å². The standard InChI is InChI=1S/C17H24N2O3S/c1-23(21,22)18-14-9-11-19(12-10-14)17(20)16-8-4-6-13-5-2-3-7-15(13)16/h2-3,5,7,14,16,18H,4,6,8-12H2,1H3/t16-/m0/s1. The summed E-state index contributed by atoms with van der Waals surface area (Å²) in [5.41, 5.74) is 2.48. The number of benzene rings is 1. The monoisotopic (exact) mass is 336 g/mol. The Morgan fingerprint density at radius 3 is 2.57 bits per heavy atom. The fourth-order valence-electron chi connectivity index (χ4n) is 3.75. The molecule has 2 aliphatic rings. The molecule has 1 aliphatic carbocycles. The van der Waals surface area contributed by atoms with Gasteiger partial charge in [-0.05, 0) is 43.2 Å². The predicted octanol–water partition coefficient (Wildman–Crippen LogP) is 1.65. The van der Waals surface area contributed by atoms with Crippen LogP contribution >= 0.6 is 0 Å². The highest BCUT2D eigenvalue weighted by Gasteiger charge is 2.32. The second-order valence-corrected chi connectivity index (χ2v) is 8.41. The van der Waals surface area contributed by atoms with Crippen LogP contribution in [0.2, 0.25) is 0 Å². The van der Waals surface area contributed by atoms with Crippen LogP contribution in [0.3, 0.4) is 0 Å². The summed E-state index contributed by atoms with van der Waals surface area (Å²) in [4.78, 5) is 14.8. The second kappa shape index (κ2) is 6.61. The smallest absolute Gasteiger partial charge is 0.230 e. The normalized spacial score (nSPS) is 22.7. The Bertz CT molecular complexity index is 679. The van der Waals surface area contributed by atoms with E-state index in [2.05, 4.69) is 16.9 Å². The molecule has 0 saturated carbocycles. The molecule has 1 fully saturated rings. The maximum atomic E-state index is 12.9. The van der Waals surface area contributed by atoms with Crippen molar-refractivity contribution in [3.05, 3.63) is 35.4 Å². The van der Waals surface area contributed by atoms with Gasteiger partial charge in [-0.15, -0.1) is 0 Å². The number of fused-ring (bicyclic) bond motifs is 1. The average molecular weight is 336 g/mol. The number of nitrogens with zero attached hydrogens (tertiary/aromatic N) is 1. The Morgan fingerprint density at radius 1 is 1.17 bits per heavy atom. The third-order valence-corrected chi connectivity index (χ3v) is 5.62. The summed E-state index contributed by atoms with van der Waals surface area (Å²) in [7, 11) is -3.18. The molecule has 0 radical (unpaired) electrons. The number of aryl methyl sites for hydroxylation is 1. The first kappa shape index (κ1) is 16.5. The van der Waals surface area contributed by atoms with Crippen molar-refractivity contribution in [2.24, 2.45) is 0 Å². The van der Waals surface area contributed by atoms with E-state index in [-0.39, 0.29) is 17.9 Å². The van der Waals surface area contributed by atoms with Crippen molar-refractivity contribution in [2.45, 2.75) is 44.1 Å². The van der Waals surface area contributed by atoms with Crippen molar-refractivity contribution >= 4 is 15.9 Å². The molecule has 5 nitrogen and oxygen atoms in total. The van der Waals surface area contributed by atoms with Gasteiger partial charge < -0.3 is 4.90 Å². The lowest BCUT2D eigenvalue weighted by molar-refractivity contribution is -0.134. The van der Waals surface area contributed by atoms with Gasteiger partial charge in [0.25, 0.3) is 0 Å². The molecule has 1 aliphatic heterocycles. The van der Waals surface area contributed by atoms with Crippen molar-refractivity contribution in [3.63, 3.8) is 0 Å².